The van der Waals surface area contributed by atoms with Crippen LogP contribution in [0.5, 0.6) is 0 Å². The van der Waals surface area contributed by atoms with Gasteiger partial charge in [-0.15, -0.1) is 0 Å². The van der Waals surface area contributed by atoms with E-state index in [0.29, 0.717) is 13.1 Å². The van der Waals surface area contributed by atoms with E-state index < -0.39 is 17.6 Å². The molecule has 2 fully saturated rings. The Morgan fingerprint density at radius 1 is 0.903 bits per heavy atom. The molecule has 31 heavy (non-hydrogen) atoms. The van der Waals surface area contributed by atoms with Gasteiger partial charge in [-0.25, -0.2) is 4.39 Å². The Morgan fingerprint density at radius 2 is 1.58 bits per heavy atom. The first kappa shape index (κ1) is 21.6. The van der Waals surface area contributed by atoms with E-state index in [1.54, 1.807) is 17.0 Å². The number of hydrogen-bond donors (Lipinski definition) is 0. The summed E-state index contributed by atoms with van der Waals surface area (Å²) in [6.07, 6.45) is -2.87. The minimum atomic E-state index is -4.56. The molecule has 0 aromatic heterocycles. The quantitative estimate of drug-likeness (QED) is 0.674. The van der Waals surface area contributed by atoms with Crippen LogP contribution in [0.4, 0.5) is 23.2 Å². The summed E-state index contributed by atoms with van der Waals surface area (Å²) in [7, 11) is 0. The number of likely N-dealkylation sites (tertiary alicyclic amines) is 1. The van der Waals surface area contributed by atoms with Crippen molar-refractivity contribution in [3.8, 4) is 0 Å². The summed E-state index contributed by atoms with van der Waals surface area (Å²) in [5, 5.41) is 0. The Morgan fingerprint density at radius 3 is 2.26 bits per heavy atom. The van der Waals surface area contributed by atoms with Gasteiger partial charge in [0.15, 0.2) is 0 Å². The van der Waals surface area contributed by atoms with Crippen LogP contribution in [0.3, 0.4) is 0 Å². The standard InChI is InChI=1S/C23H25F4N3O/c24-17-7-9-18(10-8-17)28-12-14-29(15-13-28)19-4-3-11-30(16-19)22(31)20-5-1-2-6-21(20)23(25,26)27/h1-2,5-10,19H,3-4,11-16H2. The molecule has 2 heterocycles. The molecule has 8 heteroatoms. The number of alkyl halides is 3. The van der Waals surface area contributed by atoms with E-state index in [4.69, 9.17) is 0 Å². The fraction of sp³-hybridized carbons (Fsp3) is 0.435. The van der Waals surface area contributed by atoms with Gasteiger partial charge in [0.1, 0.15) is 5.82 Å². The average Bonchev–Trinajstić information content (AvgIpc) is 2.79. The van der Waals surface area contributed by atoms with Gasteiger partial charge in [-0.05, 0) is 49.2 Å². The first-order valence-corrected chi connectivity index (χ1v) is 10.5. The van der Waals surface area contributed by atoms with E-state index >= 15 is 0 Å². The largest absolute Gasteiger partial charge is 0.417 e. The number of rotatable bonds is 3. The number of nitrogens with zero attached hydrogens (tertiary/aromatic N) is 3. The van der Waals surface area contributed by atoms with Gasteiger partial charge in [-0.3, -0.25) is 9.69 Å². The highest BCUT2D eigenvalue weighted by Crippen LogP contribution is 2.33. The predicted molar refractivity (Wildman–Crippen MR) is 111 cm³/mol. The highest BCUT2D eigenvalue weighted by atomic mass is 19.4. The molecule has 1 unspecified atom stereocenters. The molecule has 2 aromatic rings. The van der Waals surface area contributed by atoms with E-state index in [1.807, 2.05) is 0 Å². The summed E-state index contributed by atoms with van der Waals surface area (Å²) in [6, 6.07) is 11.6. The second-order valence-electron chi connectivity index (χ2n) is 8.09. The first-order chi connectivity index (χ1) is 14.8. The molecule has 0 radical (unpaired) electrons. The van der Waals surface area contributed by atoms with Crippen LogP contribution in [-0.4, -0.2) is 61.0 Å². The Labute approximate surface area is 179 Å². The zero-order valence-electron chi connectivity index (χ0n) is 17.1. The van der Waals surface area contributed by atoms with Gasteiger partial charge in [0, 0.05) is 51.0 Å². The van der Waals surface area contributed by atoms with Crippen molar-refractivity contribution in [2.75, 3.05) is 44.2 Å². The smallest absolute Gasteiger partial charge is 0.369 e. The van der Waals surface area contributed by atoms with Gasteiger partial charge in [0.05, 0.1) is 11.1 Å². The molecule has 4 nitrogen and oxygen atoms in total. The number of benzene rings is 2. The van der Waals surface area contributed by atoms with Crippen molar-refractivity contribution in [2.24, 2.45) is 0 Å². The lowest BCUT2D eigenvalue weighted by Gasteiger charge is -2.44. The SMILES string of the molecule is O=C(c1ccccc1C(F)(F)F)N1CCCC(N2CCN(c3ccc(F)cc3)CC2)C1. The molecule has 0 N–H and O–H groups in total. The van der Waals surface area contributed by atoms with Crippen LogP contribution in [0.25, 0.3) is 0 Å². The monoisotopic (exact) mass is 435 g/mol. The van der Waals surface area contributed by atoms with Crippen LogP contribution in [0.1, 0.15) is 28.8 Å². The van der Waals surface area contributed by atoms with E-state index in [9.17, 15) is 22.4 Å². The molecule has 2 aliphatic rings. The fourth-order valence-electron chi connectivity index (χ4n) is 4.52. The van der Waals surface area contributed by atoms with Gasteiger partial charge in [0.25, 0.3) is 5.91 Å². The molecular weight excluding hydrogens is 410 g/mol. The number of halogens is 4. The van der Waals surface area contributed by atoms with Crippen molar-refractivity contribution < 1.29 is 22.4 Å². The van der Waals surface area contributed by atoms with E-state index in [1.165, 1.54) is 30.3 Å². The van der Waals surface area contributed by atoms with Crippen LogP contribution < -0.4 is 4.90 Å². The van der Waals surface area contributed by atoms with Gasteiger partial charge in [-0.1, -0.05) is 12.1 Å². The lowest BCUT2D eigenvalue weighted by molar-refractivity contribution is -0.138. The minimum absolute atomic E-state index is 0.131. The van der Waals surface area contributed by atoms with Crippen LogP contribution in [0, 0.1) is 5.82 Å². The number of piperidine rings is 1. The summed E-state index contributed by atoms with van der Waals surface area (Å²) in [6.45, 7) is 4.06. The molecule has 1 atom stereocenters. The number of piperazine rings is 1. The molecule has 0 aliphatic carbocycles. The van der Waals surface area contributed by atoms with Crippen LogP contribution in [0.2, 0.25) is 0 Å². The number of carbonyl (C=O) groups is 1. The molecule has 2 aromatic carbocycles. The second kappa shape index (κ2) is 8.86. The lowest BCUT2D eigenvalue weighted by Crippen LogP contribution is -2.56. The Balaban J connectivity index is 1.39. The summed E-state index contributed by atoms with van der Waals surface area (Å²) in [5.74, 6) is -0.816. The fourth-order valence-corrected chi connectivity index (χ4v) is 4.52. The summed E-state index contributed by atoms with van der Waals surface area (Å²) >= 11 is 0. The zero-order chi connectivity index (χ0) is 22.0. The maximum atomic E-state index is 13.3. The number of amides is 1. The molecule has 2 saturated heterocycles. The van der Waals surface area contributed by atoms with Crippen LogP contribution >= 0.6 is 0 Å². The van der Waals surface area contributed by atoms with Gasteiger partial charge >= 0.3 is 6.18 Å². The molecule has 0 saturated carbocycles. The molecule has 2 aliphatic heterocycles. The minimum Gasteiger partial charge on any atom is -0.369 e. The highest BCUT2D eigenvalue weighted by Gasteiger charge is 2.37. The molecular formula is C23H25F4N3O. The van der Waals surface area contributed by atoms with Crippen molar-refractivity contribution in [2.45, 2.75) is 25.1 Å². The third-order valence-electron chi connectivity index (χ3n) is 6.17. The van der Waals surface area contributed by atoms with Crippen LogP contribution in [-0.2, 0) is 6.18 Å². The van der Waals surface area contributed by atoms with Crippen LogP contribution in [0.15, 0.2) is 48.5 Å². The number of anilines is 1. The maximum absolute atomic E-state index is 13.3. The maximum Gasteiger partial charge on any atom is 0.417 e. The van der Waals surface area contributed by atoms with Crippen molar-refractivity contribution in [3.05, 3.63) is 65.5 Å². The third kappa shape index (κ3) is 4.84. The lowest BCUT2D eigenvalue weighted by atomic mass is 10.00. The summed E-state index contributed by atoms with van der Waals surface area (Å²) in [5.41, 5.74) is -0.183. The third-order valence-corrected chi connectivity index (χ3v) is 6.17. The normalized spacial score (nSPS) is 20.7. The van der Waals surface area contributed by atoms with E-state index in [0.717, 1.165) is 50.8 Å². The highest BCUT2D eigenvalue weighted by molar-refractivity contribution is 5.96. The summed E-state index contributed by atoms with van der Waals surface area (Å²) in [4.78, 5) is 19.0. The Bertz CT molecular complexity index is 908. The second-order valence-corrected chi connectivity index (χ2v) is 8.09. The molecule has 1 amide bonds. The number of hydrogen-bond acceptors (Lipinski definition) is 3. The van der Waals surface area contributed by atoms with Crippen molar-refractivity contribution >= 4 is 11.6 Å². The average molecular weight is 435 g/mol. The van der Waals surface area contributed by atoms with Gasteiger partial charge in [0.2, 0.25) is 0 Å². The topological polar surface area (TPSA) is 26.8 Å². The van der Waals surface area contributed by atoms with Gasteiger partial charge in [-0.2, -0.15) is 13.2 Å². The first-order valence-electron chi connectivity index (χ1n) is 10.5. The van der Waals surface area contributed by atoms with Crippen molar-refractivity contribution in [1.29, 1.82) is 0 Å². The Hall–Kier alpha value is -2.61. The van der Waals surface area contributed by atoms with Gasteiger partial charge < -0.3 is 9.80 Å². The van der Waals surface area contributed by atoms with Crippen molar-refractivity contribution in [3.63, 3.8) is 0 Å². The molecule has 4 rings (SSSR count). The van der Waals surface area contributed by atoms with Crippen molar-refractivity contribution in [1.82, 2.24) is 9.80 Å². The van der Waals surface area contributed by atoms with E-state index in [2.05, 4.69) is 9.80 Å². The number of carbonyl (C=O) groups excluding carboxylic acids is 1. The predicted octanol–water partition coefficient (Wildman–Crippen LogP) is 4.27. The zero-order valence-corrected chi connectivity index (χ0v) is 17.1. The molecule has 0 bridgehead atoms. The molecule has 166 valence electrons. The Kier molecular flexibility index (Phi) is 6.18. The molecule has 0 spiro atoms. The van der Waals surface area contributed by atoms with E-state index in [-0.39, 0.29) is 17.4 Å². The summed E-state index contributed by atoms with van der Waals surface area (Å²) < 4.78 is 53.2.